The van der Waals surface area contributed by atoms with Gasteiger partial charge in [0.05, 0.1) is 0 Å². The number of nitrogens with zero attached hydrogens (tertiary/aromatic N) is 2. The Morgan fingerprint density at radius 1 is 1.08 bits per heavy atom. The van der Waals surface area contributed by atoms with Crippen LogP contribution in [0.1, 0.15) is 36.8 Å². The molecule has 0 atom stereocenters. The molecule has 1 aliphatic heterocycles. The van der Waals surface area contributed by atoms with E-state index in [1.807, 2.05) is 24.4 Å². The van der Waals surface area contributed by atoms with E-state index in [1.54, 1.807) is 18.2 Å². The van der Waals surface area contributed by atoms with E-state index in [0.717, 1.165) is 30.0 Å². The number of aromatic nitrogens is 1. The molecule has 0 radical (unpaired) electrons. The second kappa shape index (κ2) is 9.39. The van der Waals surface area contributed by atoms with E-state index >= 15 is 0 Å². The maximum atomic E-state index is 12.0. The minimum absolute atomic E-state index is 0.128. The second-order valence-corrected chi connectivity index (χ2v) is 6.97. The number of hydrogen-bond acceptors (Lipinski definition) is 3. The zero-order chi connectivity index (χ0) is 18.2. The summed E-state index contributed by atoms with van der Waals surface area (Å²) in [6.07, 6.45) is 10.2. The fraction of sp³-hybridized carbons (Fsp3) is 0.333. The van der Waals surface area contributed by atoms with Crippen molar-refractivity contribution < 1.29 is 4.79 Å². The summed E-state index contributed by atoms with van der Waals surface area (Å²) in [6, 6.07) is 11.4. The van der Waals surface area contributed by atoms with Crippen molar-refractivity contribution in [2.24, 2.45) is 0 Å². The quantitative estimate of drug-likeness (QED) is 0.792. The van der Waals surface area contributed by atoms with Crippen LogP contribution in [-0.2, 0) is 11.3 Å². The number of rotatable bonds is 5. The smallest absolute Gasteiger partial charge is 0.244 e. The summed E-state index contributed by atoms with van der Waals surface area (Å²) < 4.78 is 0. The van der Waals surface area contributed by atoms with Crippen molar-refractivity contribution in [3.63, 3.8) is 0 Å². The van der Waals surface area contributed by atoms with Crippen LogP contribution in [0.2, 0.25) is 5.02 Å². The van der Waals surface area contributed by atoms with E-state index < -0.39 is 0 Å². The molecule has 1 amide bonds. The Kier molecular flexibility index (Phi) is 6.67. The van der Waals surface area contributed by atoms with E-state index in [1.165, 1.54) is 31.8 Å². The van der Waals surface area contributed by atoms with Crippen LogP contribution in [0.25, 0.3) is 6.08 Å². The molecule has 1 aromatic carbocycles. The minimum Gasteiger partial charge on any atom is -0.357 e. The van der Waals surface area contributed by atoms with Crippen LogP contribution in [-0.4, -0.2) is 24.0 Å². The molecule has 136 valence electrons. The van der Waals surface area contributed by atoms with Crippen LogP contribution >= 0.6 is 11.6 Å². The van der Waals surface area contributed by atoms with Crippen LogP contribution in [0.4, 0.5) is 5.82 Å². The van der Waals surface area contributed by atoms with Gasteiger partial charge in [0.1, 0.15) is 5.82 Å². The van der Waals surface area contributed by atoms with Gasteiger partial charge in [-0.25, -0.2) is 4.98 Å². The first-order chi connectivity index (χ1) is 12.7. The van der Waals surface area contributed by atoms with Gasteiger partial charge in [0, 0.05) is 36.9 Å². The summed E-state index contributed by atoms with van der Waals surface area (Å²) in [5.74, 6) is 0.904. The summed E-state index contributed by atoms with van der Waals surface area (Å²) in [5.41, 5.74) is 1.94. The maximum absolute atomic E-state index is 12.0. The average molecular weight is 370 g/mol. The highest BCUT2D eigenvalue weighted by molar-refractivity contribution is 6.30. The highest BCUT2D eigenvalue weighted by Gasteiger charge is 2.10. The van der Waals surface area contributed by atoms with Crippen molar-refractivity contribution in [2.45, 2.75) is 32.2 Å². The molecule has 2 aromatic rings. The lowest BCUT2D eigenvalue weighted by molar-refractivity contribution is -0.116. The SMILES string of the molecule is O=C(/C=C/c1ccc(Cl)cc1)NCc1ccc(N2CCCCCC2)nc1. The van der Waals surface area contributed by atoms with E-state index in [2.05, 4.69) is 21.3 Å². The van der Waals surface area contributed by atoms with Crippen molar-refractivity contribution in [2.75, 3.05) is 18.0 Å². The van der Waals surface area contributed by atoms with E-state index in [-0.39, 0.29) is 5.91 Å². The number of carbonyl (C=O) groups is 1. The molecule has 0 aliphatic carbocycles. The van der Waals surface area contributed by atoms with Crippen molar-refractivity contribution in [3.05, 3.63) is 64.8 Å². The Balaban J connectivity index is 1.49. The Morgan fingerprint density at radius 2 is 1.81 bits per heavy atom. The fourth-order valence-corrected chi connectivity index (χ4v) is 3.13. The monoisotopic (exact) mass is 369 g/mol. The highest BCUT2D eigenvalue weighted by atomic mass is 35.5. The van der Waals surface area contributed by atoms with Crippen molar-refractivity contribution in [1.82, 2.24) is 10.3 Å². The lowest BCUT2D eigenvalue weighted by Gasteiger charge is -2.21. The Bertz CT molecular complexity index is 733. The summed E-state index contributed by atoms with van der Waals surface area (Å²) in [6.45, 7) is 2.63. The number of nitrogens with one attached hydrogen (secondary N) is 1. The van der Waals surface area contributed by atoms with Gasteiger partial charge in [-0.1, -0.05) is 42.6 Å². The van der Waals surface area contributed by atoms with Gasteiger partial charge in [-0.3, -0.25) is 4.79 Å². The van der Waals surface area contributed by atoms with Crippen molar-refractivity contribution in [1.29, 1.82) is 0 Å². The van der Waals surface area contributed by atoms with Gasteiger partial charge < -0.3 is 10.2 Å². The number of amides is 1. The highest BCUT2D eigenvalue weighted by Crippen LogP contribution is 2.17. The summed E-state index contributed by atoms with van der Waals surface area (Å²) in [4.78, 5) is 18.9. The average Bonchev–Trinajstić information content (AvgIpc) is 2.96. The Morgan fingerprint density at radius 3 is 2.46 bits per heavy atom. The Hall–Kier alpha value is -2.33. The maximum Gasteiger partial charge on any atom is 0.244 e. The first-order valence-corrected chi connectivity index (χ1v) is 9.50. The van der Waals surface area contributed by atoms with Crippen molar-refractivity contribution in [3.8, 4) is 0 Å². The van der Waals surface area contributed by atoms with Gasteiger partial charge in [-0.2, -0.15) is 0 Å². The number of benzene rings is 1. The molecular weight excluding hydrogens is 346 g/mol. The predicted octanol–water partition coefficient (Wildman–Crippen LogP) is 4.45. The summed E-state index contributed by atoms with van der Waals surface area (Å²) in [7, 11) is 0. The van der Waals surface area contributed by atoms with E-state index in [0.29, 0.717) is 11.6 Å². The molecular formula is C21H24ClN3O. The molecule has 1 saturated heterocycles. The molecule has 1 aromatic heterocycles. The third kappa shape index (κ3) is 5.60. The van der Waals surface area contributed by atoms with Crippen LogP contribution in [0.5, 0.6) is 0 Å². The van der Waals surface area contributed by atoms with Gasteiger partial charge in [0.15, 0.2) is 0 Å². The number of carbonyl (C=O) groups excluding carboxylic acids is 1. The molecule has 1 fully saturated rings. The molecule has 3 rings (SSSR count). The zero-order valence-corrected chi connectivity index (χ0v) is 15.6. The molecule has 0 unspecified atom stereocenters. The molecule has 2 heterocycles. The van der Waals surface area contributed by atoms with Gasteiger partial charge in [-0.15, -0.1) is 0 Å². The normalized spacial score (nSPS) is 15.0. The van der Waals surface area contributed by atoms with Crippen molar-refractivity contribution >= 4 is 29.4 Å². The van der Waals surface area contributed by atoms with E-state index in [9.17, 15) is 4.79 Å². The number of anilines is 1. The minimum atomic E-state index is -0.128. The van der Waals surface area contributed by atoms with Gasteiger partial charge in [-0.05, 0) is 48.2 Å². The largest absolute Gasteiger partial charge is 0.357 e. The molecule has 1 N–H and O–H groups in total. The topological polar surface area (TPSA) is 45.2 Å². The zero-order valence-electron chi connectivity index (χ0n) is 14.8. The lowest BCUT2D eigenvalue weighted by Crippen LogP contribution is -2.25. The van der Waals surface area contributed by atoms with Crippen LogP contribution in [0, 0.1) is 0 Å². The molecule has 0 saturated carbocycles. The predicted molar refractivity (Wildman–Crippen MR) is 107 cm³/mol. The summed E-state index contributed by atoms with van der Waals surface area (Å²) in [5, 5.41) is 3.57. The Labute approximate surface area is 159 Å². The second-order valence-electron chi connectivity index (χ2n) is 6.53. The fourth-order valence-electron chi connectivity index (χ4n) is 3.00. The van der Waals surface area contributed by atoms with Crippen LogP contribution in [0.3, 0.4) is 0 Å². The molecule has 4 nitrogen and oxygen atoms in total. The molecule has 0 bridgehead atoms. The van der Waals surface area contributed by atoms with Gasteiger partial charge in [0.2, 0.25) is 5.91 Å². The number of halogens is 1. The number of pyridine rings is 1. The molecule has 1 aliphatic rings. The first kappa shape index (κ1) is 18.5. The standard InChI is InChI=1S/C21H24ClN3O/c22-19-9-5-17(6-10-19)8-12-21(26)24-16-18-7-11-20(23-15-18)25-13-3-1-2-4-14-25/h5-12,15H,1-4,13-14,16H2,(H,24,26)/b12-8+. The molecule has 0 spiro atoms. The molecule has 5 heteroatoms. The van der Waals surface area contributed by atoms with Gasteiger partial charge in [0.25, 0.3) is 0 Å². The van der Waals surface area contributed by atoms with Crippen LogP contribution < -0.4 is 10.2 Å². The first-order valence-electron chi connectivity index (χ1n) is 9.12. The third-order valence-corrected chi connectivity index (χ3v) is 4.76. The van der Waals surface area contributed by atoms with E-state index in [4.69, 9.17) is 11.6 Å². The summed E-state index contributed by atoms with van der Waals surface area (Å²) >= 11 is 5.85. The molecule has 26 heavy (non-hydrogen) atoms. The van der Waals surface area contributed by atoms with Crippen LogP contribution in [0.15, 0.2) is 48.7 Å². The lowest BCUT2D eigenvalue weighted by atomic mass is 10.2. The van der Waals surface area contributed by atoms with Gasteiger partial charge >= 0.3 is 0 Å². The third-order valence-electron chi connectivity index (χ3n) is 4.50. The number of hydrogen-bond donors (Lipinski definition) is 1.